The second-order valence-electron chi connectivity index (χ2n) is 3.84. The average Bonchev–Trinajstić information content (AvgIpc) is 3.10. The lowest BCUT2D eigenvalue weighted by Gasteiger charge is -2.07. The van der Waals surface area contributed by atoms with Crippen molar-refractivity contribution in [3.63, 3.8) is 0 Å². The van der Waals surface area contributed by atoms with Crippen LogP contribution in [0.2, 0.25) is 0 Å². The molecule has 0 radical (unpaired) electrons. The van der Waals surface area contributed by atoms with Gasteiger partial charge in [-0.05, 0) is 19.8 Å². The predicted molar refractivity (Wildman–Crippen MR) is 61.8 cm³/mol. The van der Waals surface area contributed by atoms with Gasteiger partial charge in [-0.3, -0.25) is 4.79 Å². The van der Waals surface area contributed by atoms with Crippen LogP contribution in [0.1, 0.15) is 25.8 Å². The Kier molecular flexibility index (Phi) is 3.56. The summed E-state index contributed by atoms with van der Waals surface area (Å²) in [7, 11) is 0. The second-order valence-corrected chi connectivity index (χ2v) is 3.84. The van der Waals surface area contributed by atoms with Crippen molar-refractivity contribution in [2.24, 2.45) is 0 Å². The fourth-order valence-electron chi connectivity index (χ4n) is 1.57. The van der Waals surface area contributed by atoms with Crippen LogP contribution in [0.3, 0.4) is 0 Å². The Morgan fingerprint density at radius 3 is 3.12 bits per heavy atom. The van der Waals surface area contributed by atoms with Gasteiger partial charge >= 0.3 is 0 Å². The van der Waals surface area contributed by atoms with Crippen LogP contribution in [0, 0.1) is 0 Å². The lowest BCUT2D eigenvalue weighted by Crippen LogP contribution is -2.25. The molecule has 1 aromatic rings. The van der Waals surface area contributed by atoms with Gasteiger partial charge < -0.3 is 14.6 Å². The summed E-state index contributed by atoms with van der Waals surface area (Å²) in [5.74, 6) is 0.425. The molecule has 0 aliphatic heterocycles. The number of ether oxygens (including phenoxy) is 1. The first-order valence-corrected chi connectivity index (χ1v) is 5.71. The third-order valence-electron chi connectivity index (χ3n) is 2.55. The van der Waals surface area contributed by atoms with Crippen molar-refractivity contribution < 1.29 is 4.74 Å². The molecule has 0 saturated heterocycles. The van der Waals surface area contributed by atoms with Crippen LogP contribution in [0.4, 0.5) is 5.82 Å². The molecule has 5 nitrogen and oxygen atoms in total. The molecule has 1 aromatic heterocycles. The first-order valence-electron chi connectivity index (χ1n) is 5.71. The fraction of sp³-hybridized carbons (Fsp3) is 0.636. The SMILES string of the molecule is CCOCCNc1nccn(C2CC2)c1=O. The zero-order chi connectivity index (χ0) is 11.4. The Bertz CT molecular complexity index is 398. The van der Waals surface area contributed by atoms with Gasteiger partial charge in [-0.15, -0.1) is 0 Å². The van der Waals surface area contributed by atoms with Gasteiger partial charge in [-0.2, -0.15) is 0 Å². The van der Waals surface area contributed by atoms with E-state index in [1.165, 1.54) is 0 Å². The Morgan fingerprint density at radius 2 is 2.44 bits per heavy atom. The van der Waals surface area contributed by atoms with Crippen LogP contribution < -0.4 is 10.9 Å². The quantitative estimate of drug-likeness (QED) is 0.732. The van der Waals surface area contributed by atoms with Crippen molar-refractivity contribution >= 4 is 5.82 Å². The van der Waals surface area contributed by atoms with E-state index in [0.29, 0.717) is 31.6 Å². The molecule has 0 bridgehead atoms. The normalized spacial score (nSPS) is 15.1. The standard InChI is InChI=1S/C11H17N3O2/c1-2-16-8-6-13-10-11(15)14(7-5-12-10)9-3-4-9/h5,7,9H,2-4,6,8H2,1H3,(H,12,13). The van der Waals surface area contributed by atoms with E-state index in [4.69, 9.17) is 4.74 Å². The van der Waals surface area contributed by atoms with Crippen LogP contribution in [-0.4, -0.2) is 29.3 Å². The molecule has 16 heavy (non-hydrogen) atoms. The number of rotatable bonds is 6. The van der Waals surface area contributed by atoms with E-state index in [-0.39, 0.29) is 5.56 Å². The van der Waals surface area contributed by atoms with E-state index in [2.05, 4.69) is 10.3 Å². The first-order chi connectivity index (χ1) is 7.83. The maximum atomic E-state index is 11.9. The lowest BCUT2D eigenvalue weighted by molar-refractivity contribution is 0.158. The number of nitrogens with zero attached hydrogens (tertiary/aromatic N) is 2. The molecule has 5 heteroatoms. The molecule has 1 fully saturated rings. The highest BCUT2D eigenvalue weighted by molar-refractivity contribution is 5.31. The smallest absolute Gasteiger partial charge is 0.293 e. The van der Waals surface area contributed by atoms with Gasteiger partial charge in [0.15, 0.2) is 5.82 Å². The van der Waals surface area contributed by atoms with Crippen molar-refractivity contribution in [1.29, 1.82) is 0 Å². The highest BCUT2D eigenvalue weighted by Gasteiger charge is 2.25. The average molecular weight is 223 g/mol. The summed E-state index contributed by atoms with van der Waals surface area (Å²) in [5.41, 5.74) is -0.0264. The summed E-state index contributed by atoms with van der Waals surface area (Å²) in [6, 6.07) is 0.392. The first kappa shape index (κ1) is 11.1. The predicted octanol–water partition coefficient (Wildman–Crippen LogP) is 1.03. The monoisotopic (exact) mass is 223 g/mol. The molecule has 1 N–H and O–H groups in total. The van der Waals surface area contributed by atoms with E-state index in [9.17, 15) is 4.79 Å². The van der Waals surface area contributed by atoms with Gasteiger partial charge in [0, 0.05) is 31.6 Å². The maximum Gasteiger partial charge on any atom is 0.293 e. The van der Waals surface area contributed by atoms with E-state index < -0.39 is 0 Å². The summed E-state index contributed by atoms with van der Waals surface area (Å²) in [6.45, 7) is 3.84. The highest BCUT2D eigenvalue weighted by Crippen LogP contribution is 2.33. The Labute approximate surface area is 94.5 Å². The number of hydrogen-bond acceptors (Lipinski definition) is 4. The minimum Gasteiger partial charge on any atom is -0.380 e. The van der Waals surface area contributed by atoms with Gasteiger partial charge in [0.25, 0.3) is 5.56 Å². The fourth-order valence-corrected chi connectivity index (χ4v) is 1.57. The summed E-state index contributed by atoms with van der Waals surface area (Å²) in [5, 5.41) is 3.00. The molecule has 1 aliphatic carbocycles. The van der Waals surface area contributed by atoms with E-state index >= 15 is 0 Å². The molecule has 1 heterocycles. The zero-order valence-electron chi connectivity index (χ0n) is 9.48. The number of aromatic nitrogens is 2. The number of nitrogens with one attached hydrogen (secondary N) is 1. The van der Waals surface area contributed by atoms with Crippen LogP contribution in [0.15, 0.2) is 17.2 Å². The largest absolute Gasteiger partial charge is 0.380 e. The second kappa shape index (κ2) is 5.12. The van der Waals surface area contributed by atoms with E-state index in [1.807, 2.05) is 6.92 Å². The third-order valence-corrected chi connectivity index (χ3v) is 2.55. The molecule has 2 rings (SSSR count). The molecule has 1 aliphatic rings. The van der Waals surface area contributed by atoms with Crippen molar-refractivity contribution in [1.82, 2.24) is 9.55 Å². The number of anilines is 1. The van der Waals surface area contributed by atoms with Gasteiger partial charge in [0.1, 0.15) is 0 Å². The van der Waals surface area contributed by atoms with Crippen LogP contribution in [0.5, 0.6) is 0 Å². The van der Waals surface area contributed by atoms with Crippen molar-refractivity contribution in [3.8, 4) is 0 Å². The molecule has 0 aromatic carbocycles. The topological polar surface area (TPSA) is 56.1 Å². The van der Waals surface area contributed by atoms with Crippen molar-refractivity contribution in [2.75, 3.05) is 25.1 Å². The van der Waals surface area contributed by atoms with Crippen molar-refractivity contribution in [2.45, 2.75) is 25.8 Å². The zero-order valence-corrected chi connectivity index (χ0v) is 9.48. The van der Waals surface area contributed by atoms with E-state index in [1.54, 1.807) is 17.0 Å². The van der Waals surface area contributed by atoms with Crippen LogP contribution in [-0.2, 0) is 4.74 Å². The summed E-state index contributed by atoms with van der Waals surface area (Å²) in [4.78, 5) is 16.0. The molecule has 1 saturated carbocycles. The van der Waals surface area contributed by atoms with Crippen LogP contribution in [0.25, 0.3) is 0 Å². The Balaban J connectivity index is 1.98. The van der Waals surface area contributed by atoms with E-state index in [0.717, 1.165) is 12.8 Å². The highest BCUT2D eigenvalue weighted by atomic mass is 16.5. The van der Waals surface area contributed by atoms with Gasteiger partial charge in [-0.25, -0.2) is 4.98 Å². The maximum absolute atomic E-state index is 11.9. The molecule has 0 spiro atoms. The molecule has 0 amide bonds. The number of hydrogen-bond donors (Lipinski definition) is 1. The molecule has 88 valence electrons. The van der Waals surface area contributed by atoms with Gasteiger partial charge in [-0.1, -0.05) is 0 Å². The summed E-state index contributed by atoms with van der Waals surface area (Å²) >= 11 is 0. The molecule has 0 unspecified atom stereocenters. The minimum atomic E-state index is -0.0264. The Hall–Kier alpha value is -1.36. The molecular weight excluding hydrogens is 206 g/mol. The molecular formula is C11H17N3O2. The minimum absolute atomic E-state index is 0.0264. The summed E-state index contributed by atoms with van der Waals surface area (Å²) in [6.07, 6.45) is 5.63. The van der Waals surface area contributed by atoms with Gasteiger partial charge in [0.2, 0.25) is 0 Å². The summed E-state index contributed by atoms with van der Waals surface area (Å²) < 4.78 is 6.95. The van der Waals surface area contributed by atoms with Crippen LogP contribution >= 0.6 is 0 Å². The Morgan fingerprint density at radius 1 is 1.62 bits per heavy atom. The lowest BCUT2D eigenvalue weighted by atomic mass is 10.5. The van der Waals surface area contributed by atoms with Crippen molar-refractivity contribution in [3.05, 3.63) is 22.7 Å². The van der Waals surface area contributed by atoms with Gasteiger partial charge in [0.05, 0.1) is 6.61 Å². The third kappa shape index (κ3) is 2.61. The molecule has 0 atom stereocenters.